The predicted molar refractivity (Wildman–Crippen MR) is 93.9 cm³/mol. The molecule has 1 aliphatic heterocycles. The Morgan fingerprint density at radius 1 is 1.24 bits per heavy atom. The van der Waals surface area contributed by atoms with Gasteiger partial charge < -0.3 is 9.32 Å². The number of amides is 1. The smallest absolute Gasteiger partial charge is 0.223 e. The quantitative estimate of drug-likeness (QED) is 0.717. The first-order valence-corrected chi connectivity index (χ1v) is 8.91. The molecule has 1 atom stereocenters. The number of carbonyl (C=O) groups is 1. The van der Waals surface area contributed by atoms with Crippen LogP contribution in [0.15, 0.2) is 47.1 Å². The molecule has 25 heavy (non-hydrogen) atoms. The first kappa shape index (κ1) is 15.9. The Morgan fingerprint density at radius 2 is 2.16 bits per heavy atom. The van der Waals surface area contributed by atoms with Gasteiger partial charge in [0, 0.05) is 31.8 Å². The second kappa shape index (κ2) is 7.09. The van der Waals surface area contributed by atoms with Crippen LogP contribution in [0.4, 0.5) is 0 Å². The van der Waals surface area contributed by atoms with E-state index in [0.717, 1.165) is 37.0 Å². The molecule has 3 aromatic rings. The molecule has 130 valence electrons. The number of hydrogen-bond acceptors (Lipinski definition) is 4. The summed E-state index contributed by atoms with van der Waals surface area (Å²) < 4.78 is 7.64. The fourth-order valence-electron chi connectivity index (χ4n) is 3.53. The summed E-state index contributed by atoms with van der Waals surface area (Å²) in [5.74, 6) is 0.814. The molecule has 1 amide bonds. The number of carbonyl (C=O) groups excluding carboxylic acids is 1. The van der Waals surface area contributed by atoms with Crippen LogP contribution in [-0.2, 0) is 17.8 Å². The van der Waals surface area contributed by atoms with E-state index in [1.165, 1.54) is 6.42 Å². The van der Waals surface area contributed by atoms with Crippen LogP contribution in [0.1, 0.15) is 31.6 Å². The molecule has 1 aliphatic rings. The second-order valence-electron chi connectivity index (χ2n) is 6.54. The Hall–Kier alpha value is -2.63. The molecule has 6 nitrogen and oxygen atoms in total. The van der Waals surface area contributed by atoms with Crippen molar-refractivity contribution in [1.29, 1.82) is 0 Å². The van der Waals surface area contributed by atoms with Gasteiger partial charge in [-0.2, -0.15) is 5.10 Å². The fraction of sp³-hybridized carbons (Fsp3) is 0.421. The minimum atomic E-state index is 0.180. The van der Waals surface area contributed by atoms with Crippen molar-refractivity contribution in [2.75, 3.05) is 6.54 Å². The van der Waals surface area contributed by atoms with Crippen molar-refractivity contribution in [2.24, 2.45) is 0 Å². The lowest BCUT2D eigenvalue weighted by molar-refractivity contribution is -0.135. The van der Waals surface area contributed by atoms with Crippen molar-refractivity contribution in [2.45, 2.75) is 44.7 Å². The van der Waals surface area contributed by atoms with Crippen LogP contribution in [0, 0.1) is 0 Å². The number of piperidine rings is 1. The van der Waals surface area contributed by atoms with E-state index in [4.69, 9.17) is 4.42 Å². The van der Waals surface area contributed by atoms with Gasteiger partial charge in [0.25, 0.3) is 0 Å². The van der Waals surface area contributed by atoms with E-state index < -0.39 is 0 Å². The molecule has 2 aromatic heterocycles. The van der Waals surface area contributed by atoms with E-state index in [1.54, 1.807) is 6.20 Å². The standard InChI is InChI=1S/C19H22N4O2/c24-19(10-9-18-21-16-7-1-2-8-17(16)25-18)23-13-4-3-6-15(23)14-22-12-5-11-20-22/h1-2,5,7-8,11-12,15H,3-4,6,9-10,13-14H2/t15-/m0/s1. The van der Waals surface area contributed by atoms with Crippen LogP contribution in [0.2, 0.25) is 0 Å². The van der Waals surface area contributed by atoms with E-state index in [0.29, 0.717) is 18.7 Å². The highest BCUT2D eigenvalue weighted by molar-refractivity contribution is 5.77. The maximum absolute atomic E-state index is 12.8. The van der Waals surface area contributed by atoms with Crippen molar-refractivity contribution in [3.63, 3.8) is 0 Å². The molecule has 1 fully saturated rings. The maximum Gasteiger partial charge on any atom is 0.223 e. The molecule has 0 saturated carbocycles. The van der Waals surface area contributed by atoms with Crippen LogP contribution in [0.25, 0.3) is 11.1 Å². The number of aryl methyl sites for hydroxylation is 1. The first-order chi connectivity index (χ1) is 12.3. The zero-order valence-corrected chi connectivity index (χ0v) is 14.2. The largest absolute Gasteiger partial charge is 0.441 e. The number of oxazole rings is 1. The van der Waals surface area contributed by atoms with Crippen molar-refractivity contribution < 1.29 is 9.21 Å². The van der Waals surface area contributed by atoms with Gasteiger partial charge in [0.1, 0.15) is 5.52 Å². The van der Waals surface area contributed by atoms with Crippen LogP contribution in [0.3, 0.4) is 0 Å². The number of likely N-dealkylation sites (tertiary alicyclic amines) is 1. The molecular weight excluding hydrogens is 316 g/mol. The first-order valence-electron chi connectivity index (χ1n) is 8.91. The lowest BCUT2D eigenvalue weighted by Gasteiger charge is -2.35. The number of nitrogens with zero attached hydrogens (tertiary/aromatic N) is 4. The third-order valence-electron chi connectivity index (χ3n) is 4.80. The number of hydrogen-bond donors (Lipinski definition) is 0. The molecule has 4 rings (SSSR count). The fourth-order valence-corrected chi connectivity index (χ4v) is 3.53. The van der Waals surface area contributed by atoms with Gasteiger partial charge >= 0.3 is 0 Å². The third-order valence-corrected chi connectivity index (χ3v) is 4.80. The average Bonchev–Trinajstić information content (AvgIpc) is 3.29. The summed E-state index contributed by atoms with van der Waals surface area (Å²) in [6.07, 6.45) is 7.98. The van der Waals surface area contributed by atoms with Crippen LogP contribution in [-0.4, -0.2) is 38.2 Å². The molecular formula is C19H22N4O2. The zero-order valence-electron chi connectivity index (χ0n) is 14.2. The van der Waals surface area contributed by atoms with E-state index in [2.05, 4.69) is 10.1 Å². The lowest BCUT2D eigenvalue weighted by Crippen LogP contribution is -2.46. The van der Waals surface area contributed by atoms with Crippen LogP contribution >= 0.6 is 0 Å². The topological polar surface area (TPSA) is 64.2 Å². The highest BCUT2D eigenvalue weighted by Gasteiger charge is 2.27. The highest BCUT2D eigenvalue weighted by Crippen LogP contribution is 2.21. The molecule has 0 aliphatic carbocycles. The van der Waals surface area contributed by atoms with Crippen molar-refractivity contribution in [3.05, 3.63) is 48.6 Å². The summed E-state index contributed by atoms with van der Waals surface area (Å²) in [4.78, 5) is 19.2. The van der Waals surface area contributed by atoms with E-state index >= 15 is 0 Å². The Bertz CT molecular complexity index is 807. The summed E-state index contributed by atoms with van der Waals surface area (Å²) in [5, 5.41) is 4.28. The normalized spacial score (nSPS) is 17.9. The van der Waals surface area contributed by atoms with Gasteiger partial charge in [-0.3, -0.25) is 9.48 Å². The Kier molecular flexibility index (Phi) is 4.50. The monoisotopic (exact) mass is 338 g/mol. The van der Waals surface area contributed by atoms with E-state index in [-0.39, 0.29) is 11.9 Å². The van der Waals surface area contributed by atoms with Gasteiger partial charge in [-0.1, -0.05) is 12.1 Å². The number of fused-ring (bicyclic) bond motifs is 1. The number of rotatable bonds is 5. The third kappa shape index (κ3) is 3.57. The van der Waals surface area contributed by atoms with Gasteiger partial charge in [-0.25, -0.2) is 4.98 Å². The van der Waals surface area contributed by atoms with E-state index in [9.17, 15) is 4.79 Å². The Labute approximate surface area is 146 Å². The van der Waals surface area contributed by atoms with Crippen molar-refractivity contribution in [1.82, 2.24) is 19.7 Å². The summed E-state index contributed by atoms with van der Waals surface area (Å²) in [7, 11) is 0. The van der Waals surface area contributed by atoms with Gasteiger partial charge in [0.05, 0.1) is 12.6 Å². The Balaban J connectivity index is 1.39. The number of aromatic nitrogens is 3. The maximum atomic E-state index is 12.8. The molecule has 0 spiro atoms. The Morgan fingerprint density at radius 3 is 3.00 bits per heavy atom. The highest BCUT2D eigenvalue weighted by atomic mass is 16.3. The number of para-hydroxylation sites is 2. The SMILES string of the molecule is O=C(CCc1nc2ccccc2o1)N1CCCC[C@H]1Cn1cccn1. The molecule has 0 unspecified atom stereocenters. The van der Waals surface area contributed by atoms with Gasteiger partial charge in [-0.15, -0.1) is 0 Å². The van der Waals surface area contributed by atoms with Crippen LogP contribution < -0.4 is 0 Å². The van der Waals surface area contributed by atoms with Gasteiger partial charge in [0.15, 0.2) is 11.5 Å². The summed E-state index contributed by atoms with van der Waals surface area (Å²) >= 11 is 0. The summed E-state index contributed by atoms with van der Waals surface area (Å²) in [6.45, 7) is 1.60. The summed E-state index contributed by atoms with van der Waals surface area (Å²) in [5.41, 5.74) is 1.62. The zero-order chi connectivity index (χ0) is 17.1. The minimum absolute atomic E-state index is 0.180. The van der Waals surface area contributed by atoms with Crippen LogP contribution in [0.5, 0.6) is 0 Å². The molecule has 0 radical (unpaired) electrons. The second-order valence-corrected chi connectivity index (χ2v) is 6.54. The average molecular weight is 338 g/mol. The molecule has 3 heterocycles. The minimum Gasteiger partial charge on any atom is -0.441 e. The molecule has 1 aromatic carbocycles. The number of benzene rings is 1. The molecule has 0 bridgehead atoms. The van der Waals surface area contributed by atoms with Crippen molar-refractivity contribution in [3.8, 4) is 0 Å². The van der Waals surface area contributed by atoms with E-state index in [1.807, 2.05) is 46.1 Å². The predicted octanol–water partition coefficient (Wildman–Crippen LogP) is 3.04. The van der Waals surface area contributed by atoms with Gasteiger partial charge in [-0.05, 0) is 37.5 Å². The lowest BCUT2D eigenvalue weighted by atomic mass is 10.0. The molecule has 0 N–H and O–H groups in total. The summed E-state index contributed by atoms with van der Waals surface area (Å²) in [6, 6.07) is 9.84. The molecule has 6 heteroatoms. The van der Waals surface area contributed by atoms with Crippen molar-refractivity contribution >= 4 is 17.0 Å². The van der Waals surface area contributed by atoms with Gasteiger partial charge in [0.2, 0.25) is 5.91 Å². The molecule has 1 saturated heterocycles.